The standard InChI is InChI=1S/C14H19FN4O/c1-10(11-4-5-13(20-3)12(15)8-11)16-7-6-14-17-9-19(2)18-14/h4-5,8-10,16H,6-7H2,1-3H3. The largest absolute Gasteiger partial charge is 0.494 e. The van der Waals surface area contributed by atoms with Crippen LogP contribution in [0.2, 0.25) is 0 Å². The van der Waals surface area contributed by atoms with Crippen molar-refractivity contribution in [3.63, 3.8) is 0 Å². The van der Waals surface area contributed by atoms with Gasteiger partial charge in [-0.05, 0) is 24.6 Å². The molecule has 1 N–H and O–H groups in total. The lowest BCUT2D eigenvalue weighted by molar-refractivity contribution is 0.385. The number of nitrogens with one attached hydrogen (secondary N) is 1. The van der Waals surface area contributed by atoms with E-state index in [9.17, 15) is 4.39 Å². The predicted molar refractivity (Wildman–Crippen MR) is 74.1 cm³/mol. The topological polar surface area (TPSA) is 52.0 Å². The van der Waals surface area contributed by atoms with E-state index < -0.39 is 0 Å². The fraction of sp³-hybridized carbons (Fsp3) is 0.429. The number of hydrogen-bond acceptors (Lipinski definition) is 4. The van der Waals surface area contributed by atoms with Crippen molar-refractivity contribution in [1.82, 2.24) is 20.1 Å². The lowest BCUT2D eigenvalue weighted by atomic mass is 10.1. The second-order valence-electron chi connectivity index (χ2n) is 4.65. The summed E-state index contributed by atoms with van der Waals surface area (Å²) in [4.78, 5) is 4.16. The van der Waals surface area contributed by atoms with Crippen molar-refractivity contribution in [3.05, 3.63) is 41.7 Å². The van der Waals surface area contributed by atoms with Gasteiger partial charge in [-0.1, -0.05) is 6.07 Å². The summed E-state index contributed by atoms with van der Waals surface area (Å²) in [5, 5.41) is 7.53. The highest BCUT2D eigenvalue weighted by Gasteiger charge is 2.09. The van der Waals surface area contributed by atoms with Gasteiger partial charge in [0.25, 0.3) is 0 Å². The molecule has 0 fully saturated rings. The number of aromatic nitrogens is 3. The number of aryl methyl sites for hydroxylation is 1. The summed E-state index contributed by atoms with van der Waals surface area (Å²) in [6.45, 7) is 2.73. The Hall–Kier alpha value is -1.95. The minimum atomic E-state index is -0.343. The molecule has 6 heteroatoms. The number of rotatable bonds is 6. The van der Waals surface area contributed by atoms with Crippen molar-refractivity contribution in [1.29, 1.82) is 0 Å². The highest BCUT2D eigenvalue weighted by atomic mass is 19.1. The normalized spacial score (nSPS) is 12.4. The quantitative estimate of drug-likeness (QED) is 0.876. The number of nitrogens with zero attached hydrogens (tertiary/aromatic N) is 3. The number of methoxy groups -OCH3 is 1. The molecule has 0 bridgehead atoms. The van der Waals surface area contributed by atoms with Crippen LogP contribution < -0.4 is 10.1 Å². The van der Waals surface area contributed by atoms with Crippen LogP contribution in [0.25, 0.3) is 0 Å². The third-order valence-corrected chi connectivity index (χ3v) is 3.12. The molecule has 0 saturated heterocycles. The zero-order valence-electron chi connectivity index (χ0n) is 11.9. The Kier molecular flexibility index (Phi) is 4.68. The number of halogens is 1. The van der Waals surface area contributed by atoms with Crippen LogP contribution in [0.1, 0.15) is 24.4 Å². The first-order valence-corrected chi connectivity index (χ1v) is 6.51. The Balaban J connectivity index is 1.88. The molecule has 1 aromatic carbocycles. The SMILES string of the molecule is COc1ccc(C(C)NCCc2ncn(C)n2)cc1F. The molecule has 1 aromatic heterocycles. The van der Waals surface area contributed by atoms with Gasteiger partial charge in [0.2, 0.25) is 0 Å². The van der Waals surface area contributed by atoms with Gasteiger partial charge >= 0.3 is 0 Å². The third-order valence-electron chi connectivity index (χ3n) is 3.12. The van der Waals surface area contributed by atoms with Gasteiger partial charge in [0.05, 0.1) is 7.11 Å². The molecule has 0 spiro atoms. The molecule has 1 atom stereocenters. The first kappa shape index (κ1) is 14.5. The van der Waals surface area contributed by atoms with Crippen LogP contribution in [-0.2, 0) is 13.5 Å². The monoisotopic (exact) mass is 278 g/mol. The first-order valence-electron chi connectivity index (χ1n) is 6.51. The second kappa shape index (κ2) is 6.47. The van der Waals surface area contributed by atoms with Crippen molar-refractivity contribution in [2.24, 2.45) is 7.05 Å². The number of hydrogen-bond donors (Lipinski definition) is 1. The summed E-state index contributed by atoms with van der Waals surface area (Å²) in [5.74, 6) is 0.719. The molecule has 0 amide bonds. The molecule has 2 rings (SSSR count). The van der Waals surface area contributed by atoms with Crippen molar-refractivity contribution in [2.75, 3.05) is 13.7 Å². The summed E-state index contributed by atoms with van der Waals surface area (Å²) >= 11 is 0. The van der Waals surface area contributed by atoms with Gasteiger partial charge in [0.1, 0.15) is 6.33 Å². The zero-order chi connectivity index (χ0) is 14.5. The van der Waals surface area contributed by atoms with Gasteiger partial charge in [0, 0.05) is 26.1 Å². The fourth-order valence-corrected chi connectivity index (χ4v) is 1.97. The van der Waals surface area contributed by atoms with Crippen molar-refractivity contribution in [2.45, 2.75) is 19.4 Å². The highest BCUT2D eigenvalue weighted by Crippen LogP contribution is 2.21. The van der Waals surface area contributed by atoms with Crippen molar-refractivity contribution >= 4 is 0 Å². The Labute approximate surface area is 117 Å². The zero-order valence-corrected chi connectivity index (χ0v) is 11.9. The highest BCUT2D eigenvalue weighted by molar-refractivity contribution is 5.30. The van der Waals surface area contributed by atoms with Gasteiger partial charge in [-0.25, -0.2) is 9.37 Å². The van der Waals surface area contributed by atoms with E-state index >= 15 is 0 Å². The van der Waals surface area contributed by atoms with E-state index in [0.717, 1.165) is 24.4 Å². The average Bonchev–Trinajstić information content (AvgIpc) is 2.84. The van der Waals surface area contributed by atoms with E-state index in [1.165, 1.54) is 13.2 Å². The molecule has 0 aliphatic rings. The average molecular weight is 278 g/mol. The van der Waals surface area contributed by atoms with Crippen LogP contribution in [0.5, 0.6) is 5.75 Å². The van der Waals surface area contributed by atoms with Gasteiger partial charge < -0.3 is 10.1 Å². The maximum absolute atomic E-state index is 13.6. The van der Waals surface area contributed by atoms with Crippen LogP contribution in [-0.4, -0.2) is 28.4 Å². The molecule has 108 valence electrons. The number of benzene rings is 1. The summed E-state index contributed by atoms with van der Waals surface area (Å²) in [5.41, 5.74) is 0.886. The van der Waals surface area contributed by atoms with Crippen LogP contribution in [0.15, 0.2) is 24.5 Å². The smallest absolute Gasteiger partial charge is 0.165 e. The van der Waals surface area contributed by atoms with Crippen molar-refractivity contribution in [3.8, 4) is 5.75 Å². The maximum atomic E-state index is 13.6. The molecule has 0 radical (unpaired) electrons. The van der Waals surface area contributed by atoms with E-state index in [4.69, 9.17) is 4.74 Å². The van der Waals surface area contributed by atoms with Crippen LogP contribution in [0, 0.1) is 5.82 Å². The molecule has 1 heterocycles. The maximum Gasteiger partial charge on any atom is 0.165 e. The van der Waals surface area contributed by atoms with E-state index in [1.54, 1.807) is 17.1 Å². The summed E-state index contributed by atoms with van der Waals surface area (Å²) < 4.78 is 20.2. The Bertz CT molecular complexity index is 570. The second-order valence-corrected chi connectivity index (χ2v) is 4.65. The minimum absolute atomic E-state index is 0.0547. The summed E-state index contributed by atoms with van der Waals surface area (Å²) in [6.07, 6.45) is 2.42. The molecule has 0 aliphatic carbocycles. The Morgan fingerprint density at radius 1 is 1.45 bits per heavy atom. The van der Waals surface area contributed by atoms with Gasteiger partial charge in [0.15, 0.2) is 17.4 Å². The van der Waals surface area contributed by atoms with Crippen LogP contribution >= 0.6 is 0 Å². The predicted octanol–water partition coefficient (Wildman–Crippen LogP) is 1.86. The van der Waals surface area contributed by atoms with Gasteiger partial charge in [-0.3, -0.25) is 4.68 Å². The molecule has 2 aromatic rings. The van der Waals surface area contributed by atoms with Crippen LogP contribution in [0.4, 0.5) is 4.39 Å². The lowest BCUT2D eigenvalue weighted by Crippen LogP contribution is -2.22. The van der Waals surface area contributed by atoms with E-state index in [0.29, 0.717) is 0 Å². The molecule has 1 unspecified atom stereocenters. The Morgan fingerprint density at radius 2 is 2.25 bits per heavy atom. The van der Waals surface area contributed by atoms with E-state index in [2.05, 4.69) is 15.4 Å². The van der Waals surface area contributed by atoms with E-state index in [-0.39, 0.29) is 17.6 Å². The summed E-state index contributed by atoms with van der Waals surface area (Å²) in [6, 6.07) is 5.05. The molecular weight excluding hydrogens is 259 g/mol. The lowest BCUT2D eigenvalue weighted by Gasteiger charge is -2.14. The van der Waals surface area contributed by atoms with Gasteiger partial charge in [-0.15, -0.1) is 0 Å². The van der Waals surface area contributed by atoms with Gasteiger partial charge in [-0.2, -0.15) is 5.10 Å². The first-order chi connectivity index (χ1) is 9.60. The Morgan fingerprint density at radius 3 is 2.85 bits per heavy atom. The third kappa shape index (κ3) is 3.54. The molecular formula is C14H19FN4O. The van der Waals surface area contributed by atoms with Crippen molar-refractivity contribution < 1.29 is 9.13 Å². The molecule has 20 heavy (non-hydrogen) atoms. The van der Waals surface area contributed by atoms with Crippen LogP contribution in [0.3, 0.4) is 0 Å². The fourth-order valence-electron chi connectivity index (χ4n) is 1.97. The van der Waals surface area contributed by atoms with E-state index in [1.807, 2.05) is 20.0 Å². The minimum Gasteiger partial charge on any atom is -0.494 e. The number of ether oxygens (including phenoxy) is 1. The summed E-state index contributed by atoms with van der Waals surface area (Å²) in [7, 11) is 3.30. The molecule has 0 saturated carbocycles. The molecule has 0 aliphatic heterocycles. The molecule has 5 nitrogen and oxygen atoms in total.